The van der Waals surface area contributed by atoms with Crippen LogP contribution in [0.15, 0.2) is 0 Å². The van der Waals surface area contributed by atoms with Gasteiger partial charge < -0.3 is 10.6 Å². The highest BCUT2D eigenvalue weighted by Gasteiger charge is 2.40. The second-order valence-electron chi connectivity index (χ2n) is 4.70. The van der Waals surface area contributed by atoms with Crippen molar-refractivity contribution >= 4 is 16.7 Å². The minimum Gasteiger partial charge on any atom is -0.346 e. The third-order valence-corrected chi connectivity index (χ3v) is 4.56. The van der Waals surface area contributed by atoms with Crippen molar-refractivity contribution in [3.63, 3.8) is 0 Å². The standard InChI is InChI=1S/C10H16N4S/c1-6-12-10(15-13-6)14-4-7-2-3-8(5-14)9(7)11/h7-9H,2-5,11H2,1H3/t7-,8+,9?. The fraction of sp³-hybridized carbons (Fsp3) is 0.800. The van der Waals surface area contributed by atoms with Gasteiger partial charge in [0.05, 0.1) is 0 Å². The molecule has 0 amide bonds. The number of fused-ring (bicyclic) bond motifs is 2. The van der Waals surface area contributed by atoms with Gasteiger partial charge in [-0.3, -0.25) is 0 Å². The molecule has 15 heavy (non-hydrogen) atoms. The van der Waals surface area contributed by atoms with Crippen LogP contribution in [0.4, 0.5) is 5.13 Å². The molecular formula is C10H16N4S. The smallest absolute Gasteiger partial charge is 0.205 e. The molecule has 82 valence electrons. The average Bonchev–Trinajstić information content (AvgIpc) is 2.70. The Morgan fingerprint density at radius 2 is 2.00 bits per heavy atom. The molecule has 1 saturated carbocycles. The molecule has 1 aliphatic carbocycles. The van der Waals surface area contributed by atoms with Crippen LogP contribution in [-0.4, -0.2) is 28.5 Å². The van der Waals surface area contributed by atoms with Crippen molar-refractivity contribution in [3.8, 4) is 0 Å². The summed E-state index contributed by atoms with van der Waals surface area (Å²) in [4.78, 5) is 6.82. The van der Waals surface area contributed by atoms with Crippen LogP contribution in [-0.2, 0) is 0 Å². The van der Waals surface area contributed by atoms with Gasteiger partial charge in [0.2, 0.25) is 5.13 Å². The molecule has 1 aromatic heterocycles. The molecule has 3 rings (SSSR count). The van der Waals surface area contributed by atoms with Gasteiger partial charge in [-0.15, -0.1) is 0 Å². The monoisotopic (exact) mass is 224 g/mol. The first-order valence-corrected chi connectivity index (χ1v) is 6.32. The van der Waals surface area contributed by atoms with Crippen molar-refractivity contribution in [1.82, 2.24) is 9.36 Å². The van der Waals surface area contributed by atoms with Crippen molar-refractivity contribution in [3.05, 3.63) is 5.82 Å². The van der Waals surface area contributed by atoms with Gasteiger partial charge in [-0.25, -0.2) is 4.98 Å². The lowest BCUT2D eigenvalue weighted by atomic mass is 9.93. The van der Waals surface area contributed by atoms with E-state index in [1.807, 2.05) is 6.92 Å². The van der Waals surface area contributed by atoms with Gasteiger partial charge in [0, 0.05) is 30.7 Å². The summed E-state index contributed by atoms with van der Waals surface area (Å²) in [5.41, 5.74) is 6.17. The van der Waals surface area contributed by atoms with E-state index >= 15 is 0 Å². The van der Waals surface area contributed by atoms with E-state index in [4.69, 9.17) is 5.73 Å². The van der Waals surface area contributed by atoms with Gasteiger partial charge in [0.15, 0.2) is 0 Å². The summed E-state index contributed by atoms with van der Waals surface area (Å²) in [7, 11) is 0. The molecular weight excluding hydrogens is 208 g/mol. The lowest BCUT2D eigenvalue weighted by Gasteiger charge is -2.35. The molecule has 2 heterocycles. The lowest BCUT2D eigenvalue weighted by Crippen LogP contribution is -2.48. The largest absolute Gasteiger partial charge is 0.346 e. The van der Waals surface area contributed by atoms with Gasteiger partial charge in [0.1, 0.15) is 5.82 Å². The molecule has 0 aromatic carbocycles. The Morgan fingerprint density at radius 1 is 1.33 bits per heavy atom. The Balaban J connectivity index is 1.80. The number of nitrogens with zero attached hydrogens (tertiary/aromatic N) is 3. The van der Waals surface area contributed by atoms with Crippen LogP contribution in [0.5, 0.6) is 0 Å². The fourth-order valence-corrected chi connectivity index (χ4v) is 3.53. The fourth-order valence-electron chi connectivity index (χ4n) is 2.84. The highest BCUT2D eigenvalue weighted by molar-refractivity contribution is 7.09. The number of piperidine rings is 1. The van der Waals surface area contributed by atoms with Crippen molar-refractivity contribution < 1.29 is 0 Å². The number of rotatable bonds is 1. The third kappa shape index (κ3) is 1.54. The Bertz CT molecular complexity index is 350. The van der Waals surface area contributed by atoms with Crippen LogP contribution >= 0.6 is 11.5 Å². The van der Waals surface area contributed by atoms with Gasteiger partial charge in [-0.05, 0) is 31.6 Å². The highest BCUT2D eigenvalue weighted by Crippen LogP contribution is 2.37. The zero-order valence-electron chi connectivity index (χ0n) is 8.89. The maximum absolute atomic E-state index is 6.17. The minimum atomic E-state index is 0.426. The molecule has 0 spiro atoms. The molecule has 4 nitrogen and oxygen atoms in total. The first kappa shape index (κ1) is 9.54. The van der Waals surface area contributed by atoms with E-state index in [-0.39, 0.29) is 0 Å². The van der Waals surface area contributed by atoms with Crippen LogP contribution in [0.3, 0.4) is 0 Å². The Kier molecular flexibility index (Phi) is 2.17. The maximum Gasteiger partial charge on any atom is 0.205 e. The number of anilines is 1. The average molecular weight is 224 g/mol. The van der Waals surface area contributed by atoms with E-state index in [0.717, 1.165) is 24.0 Å². The lowest BCUT2D eigenvalue weighted by molar-refractivity contribution is 0.356. The molecule has 3 atom stereocenters. The molecule has 2 fully saturated rings. The molecule has 1 unspecified atom stereocenters. The van der Waals surface area contributed by atoms with E-state index in [0.29, 0.717) is 17.9 Å². The zero-order valence-corrected chi connectivity index (χ0v) is 9.70. The van der Waals surface area contributed by atoms with E-state index < -0.39 is 0 Å². The van der Waals surface area contributed by atoms with Crippen molar-refractivity contribution in [2.45, 2.75) is 25.8 Å². The summed E-state index contributed by atoms with van der Waals surface area (Å²) in [6, 6.07) is 0.426. The van der Waals surface area contributed by atoms with Gasteiger partial charge in [-0.1, -0.05) is 0 Å². The van der Waals surface area contributed by atoms with Gasteiger partial charge in [-0.2, -0.15) is 4.37 Å². The molecule has 1 aliphatic heterocycles. The second-order valence-corrected chi connectivity index (χ2v) is 5.43. The SMILES string of the molecule is Cc1nsc(N2C[C@H]3CC[C@@H](C2)C3N)n1. The van der Waals surface area contributed by atoms with Crippen LogP contribution in [0.2, 0.25) is 0 Å². The normalized spacial score (nSPS) is 34.8. The Hall–Kier alpha value is -0.680. The Morgan fingerprint density at radius 3 is 2.53 bits per heavy atom. The van der Waals surface area contributed by atoms with E-state index in [9.17, 15) is 0 Å². The van der Waals surface area contributed by atoms with E-state index in [1.54, 1.807) is 0 Å². The number of aromatic nitrogens is 2. The van der Waals surface area contributed by atoms with E-state index in [2.05, 4.69) is 14.3 Å². The predicted molar refractivity (Wildman–Crippen MR) is 61.0 cm³/mol. The van der Waals surface area contributed by atoms with Crippen LogP contribution in [0, 0.1) is 18.8 Å². The zero-order chi connectivity index (χ0) is 10.4. The van der Waals surface area contributed by atoms with Crippen molar-refractivity contribution in [2.24, 2.45) is 17.6 Å². The first-order chi connectivity index (χ1) is 7.24. The summed E-state index contributed by atoms with van der Waals surface area (Å²) >= 11 is 1.51. The minimum absolute atomic E-state index is 0.426. The topological polar surface area (TPSA) is 55.0 Å². The molecule has 5 heteroatoms. The number of nitrogens with two attached hydrogens (primary N) is 1. The maximum atomic E-state index is 6.17. The summed E-state index contributed by atoms with van der Waals surface area (Å²) in [5, 5.41) is 1.08. The summed E-state index contributed by atoms with van der Waals surface area (Å²) in [6.45, 7) is 4.10. The van der Waals surface area contributed by atoms with Crippen LogP contribution in [0.25, 0.3) is 0 Å². The molecule has 1 aromatic rings. The Labute approximate surface area is 93.7 Å². The number of hydrogen-bond donors (Lipinski definition) is 1. The predicted octanol–water partition coefficient (Wildman–Crippen LogP) is 1.02. The van der Waals surface area contributed by atoms with Crippen molar-refractivity contribution in [1.29, 1.82) is 0 Å². The molecule has 2 N–H and O–H groups in total. The quantitative estimate of drug-likeness (QED) is 0.774. The number of hydrogen-bond acceptors (Lipinski definition) is 5. The van der Waals surface area contributed by atoms with E-state index in [1.165, 1.54) is 24.4 Å². The van der Waals surface area contributed by atoms with Gasteiger partial charge >= 0.3 is 0 Å². The molecule has 2 aliphatic rings. The van der Waals surface area contributed by atoms with Gasteiger partial charge in [0.25, 0.3) is 0 Å². The molecule has 0 radical (unpaired) electrons. The van der Waals surface area contributed by atoms with Crippen LogP contribution < -0.4 is 10.6 Å². The second kappa shape index (κ2) is 3.42. The summed E-state index contributed by atoms with van der Waals surface area (Å²) < 4.78 is 4.24. The number of aryl methyl sites for hydroxylation is 1. The first-order valence-electron chi connectivity index (χ1n) is 5.55. The van der Waals surface area contributed by atoms with Crippen molar-refractivity contribution in [2.75, 3.05) is 18.0 Å². The molecule has 1 saturated heterocycles. The highest BCUT2D eigenvalue weighted by atomic mass is 32.1. The molecule has 2 bridgehead atoms. The summed E-state index contributed by atoms with van der Waals surface area (Å²) in [6.07, 6.45) is 2.58. The summed E-state index contributed by atoms with van der Waals surface area (Å²) in [5.74, 6) is 2.23. The van der Waals surface area contributed by atoms with Crippen LogP contribution in [0.1, 0.15) is 18.7 Å². The third-order valence-electron chi connectivity index (χ3n) is 3.69.